The number of rotatable bonds is 9. The molecular formula is C36H63N9O3. The van der Waals surface area contributed by atoms with Crippen molar-refractivity contribution in [1.29, 1.82) is 0 Å². The number of fused-ring (bicyclic) bond motifs is 4. The Bertz CT molecular complexity index is 1350. The van der Waals surface area contributed by atoms with Gasteiger partial charge in [0.1, 0.15) is 6.17 Å². The summed E-state index contributed by atoms with van der Waals surface area (Å²) in [4.78, 5) is 25.9. The molecule has 12 heteroatoms. The van der Waals surface area contributed by atoms with Crippen LogP contribution in [0.1, 0.15) is 122 Å². The smallest absolute Gasteiger partial charge is 0.239 e. The highest BCUT2D eigenvalue weighted by atomic mass is 16.5. The predicted molar refractivity (Wildman–Crippen MR) is 195 cm³/mol. The first kappa shape index (κ1) is 37.3. The first-order valence-electron chi connectivity index (χ1n) is 18.2. The summed E-state index contributed by atoms with van der Waals surface area (Å²) in [5, 5.41) is 14.5. The molecule has 5 N–H and O–H groups in total. The van der Waals surface area contributed by atoms with Gasteiger partial charge >= 0.3 is 0 Å². The highest BCUT2D eigenvalue weighted by Gasteiger charge is 2.44. The fourth-order valence-electron chi connectivity index (χ4n) is 7.76. The van der Waals surface area contributed by atoms with Crippen LogP contribution < -0.4 is 30.7 Å². The zero-order valence-corrected chi connectivity index (χ0v) is 30.7. The molecule has 4 aliphatic carbocycles. The third-order valence-electron chi connectivity index (χ3n) is 10.6. The van der Waals surface area contributed by atoms with E-state index in [0.29, 0.717) is 35.5 Å². The number of H-pyrrole nitrogens is 1. The van der Waals surface area contributed by atoms with E-state index in [1.807, 2.05) is 38.7 Å². The van der Waals surface area contributed by atoms with Crippen LogP contribution in [0.25, 0.3) is 0 Å². The van der Waals surface area contributed by atoms with Gasteiger partial charge in [-0.25, -0.2) is 4.98 Å². The number of aromatic amines is 1. The van der Waals surface area contributed by atoms with Crippen molar-refractivity contribution in [3.8, 4) is 11.8 Å². The standard InChI is InChI=1S/C32H49N9O3.2C2H6.H2/c1-20(42)40-15-17-41(18-16-40)24-7-8-25(43-3)36-28(24)23-11-14-32(12-9-21(23)10-13-32)19-35-31(34-2)37-29(33)26-27(22-5-6-22)38-39-30(26)44-4;2*1-2;/h7-8,21-23,29H,5-6,9-19,33H2,1-4H3,(H,38,39)(H2,34,35,37);2*1-2H3;1H/t21?,23-,29?,32?;;;/m1.../s1. The molecule has 2 bridgehead atoms. The van der Waals surface area contributed by atoms with Gasteiger partial charge in [-0.2, -0.15) is 0 Å². The normalized spacial score (nSPS) is 24.3. The Hall–Kier alpha value is -3.54. The quantitative estimate of drug-likeness (QED) is 0.154. The molecule has 270 valence electrons. The Morgan fingerprint density at radius 1 is 1.06 bits per heavy atom. The second-order valence-corrected chi connectivity index (χ2v) is 13.1. The number of carbonyl (C=O) groups is 1. The highest BCUT2D eigenvalue weighted by Crippen LogP contribution is 2.54. The Kier molecular flexibility index (Phi) is 13.4. The monoisotopic (exact) mass is 670 g/mol. The molecule has 4 saturated carbocycles. The third-order valence-corrected chi connectivity index (χ3v) is 10.6. The van der Waals surface area contributed by atoms with Crippen molar-refractivity contribution in [2.24, 2.45) is 22.1 Å². The van der Waals surface area contributed by atoms with Crippen molar-refractivity contribution in [2.75, 3.05) is 58.9 Å². The molecule has 1 saturated heterocycles. The van der Waals surface area contributed by atoms with Crippen LogP contribution in [0.5, 0.6) is 11.8 Å². The number of methoxy groups -OCH3 is 2. The molecular weight excluding hydrogens is 606 g/mol. The molecule has 1 unspecified atom stereocenters. The number of nitrogens with zero attached hydrogens (tertiary/aromatic N) is 5. The predicted octanol–water partition coefficient (Wildman–Crippen LogP) is 5.54. The van der Waals surface area contributed by atoms with Gasteiger partial charge in [-0.05, 0) is 68.8 Å². The molecule has 12 nitrogen and oxygen atoms in total. The lowest BCUT2D eigenvalue weighted by molar-refractivity contribution is -0.129. The number of anilines is 1. The van der Waals surface area contributed by atoms with Gasteiger partial charge in [-0.3, -0.25) is 14.9 Å². The maximum atomic E-state index is 11.9. The number of nitrogens with two attached hydrogens (primary N) is 1. The maximum Gasteiger partial charge on any atom is 0.239 e. The molecule has 3 heterocycles. The second kappa shape index (κ2) is 17.2. The van der Waals surface area contributed by atoms with Crippen LogP contribution in [-0.2, 0) is 4.79 Å². The van der Waals surface area contributed by atoms with Crippen LogP contribution in [0.15, 0.2) is 17.1 Å². The van der Waals surface area contributed by atoms with E-state index in [9.17, 15) is 4.79 Å². The summed E-state index contributed by atoms with van der Waals surface area (Å²) < 4.78 is 11.1. The molecule has 48 heavy (non-hydrogen) atoms. The van der Waals surface area contributed by atoms with Crippen LogP contribution >= 0.6 is 0 Å². The number of ether oxygens (including phenoxy) is 2. The molecule has 5 aliphatic rings. The van der Waals surface area contributed by atoms with Crippen molar-refractivity contribution in [2.45, 2.75) is 104 Å². The van der Waals surface area contributed by atoms with Crippen LogP contribution in [0, 0.1) is 11.3 Å². The molecule has 2 atom stereocenters. The summed E-state index contributed by atoms with van der Waals surface area (Å²) in [7, 11) is 5.11. The average Bonchev–Trinajstić information content (AvgIpc) is 3.95. The van der Waals surface area contributed by atoms with Gasteiger partial charge in [0.05, 0.1) is 31.2 Å². The van der Waals surface area contributed by atoms with E-state index in [1.165, 1.54) is 37.1 Å². The number of guanidine groups is 1. The number of piperazine rings is 1. The lowest BCUT2D eigenvalue weighted by atomic mass is 9.70. The third kappa shape index (κ3) is 8.36. The number of hydrogen-bond donors (Lipinski definition) is 4. The van der Waals surface area contributed by atoms with Crippen molar-refractivity contribution < 1.29 is 15.7 Å². The van der Waals surface area contributed by atoms with Crippen LogP contribution in [0.2, 0.25) is 0 Å². The van der Waals surface area contributed by atoms with E-state index in [0.717, 1.165) is 69.7 Å². The minimum Gasteiger partial charge on any atom is -0.481 e. The van der Waals surface area contributed by atoms with E-state index in [4.69, 9.17) is 20.2 Å². The number of carbonyl (C=O) groups excluding carboxylic acids is 1. The largest absolute Gasteiger partial charge is 0.481 e. The summed E-state index contributed by atoms with van der Waals surface area (Å²) in [5.74, 6) is 3.52. The van der Waals surface area contributed by atoms with Crippen molar-refractivity contribution in [3.05, 3.63) is 29.1 Å². The Morgan fingerprint density at radius 2 is 1.73 bits per heavy atom. The topological polar surface area (TPSA) is 146 Å². The van der Waals surface area contributed by atoms with E-state index >= 15 is 0 Å². The Labute approximate surface area is 289 Å². The molecule has 2 aromatic heterocycles. The fourth-order valence-corrected chi connectivity index (χ4v) is 7.76. The van der Waals surface area contributed by atoms with Crippen molar-refractivity contribution in [3.63, 3.8) is 0 Å². The number of amides is 1. The Balaban J connectivity index is 0.00000125. The minimum atomic E-state index is -0.480. The van der Waals surface area contributed by atoms with Gasteiger partial charge in [-0.15, -0.1) is 5.10 Å². The number of pyridine rings is 1. The van der Waals surface area contributed by atoms with Crippen LogP contribution in [0.4, 0.5) is 5.69 Å². The number of hydrogen-bond acceptors (Lipinski definition) is 8. The lowest BCUT2D eigenvalue weighted by Gasteiger charge is -2.39. The van der Waals surface area contributed by atoms with Crippen molar-refractivity contribution >= 4 is 17.6 Å². The second-order valence-electron chi connectivity index (χ2n) is 13.1. The van der Waals surface area contributed by atoms with Crippen LogP contribution in [0.3, 0.4) is 0 Å². The van der Waals surface area contributed by atoms with Gasteiger partial charge in [0.15, 0.2) is 5.96 Å². The van der Waals surface area contributed by atoms with E-state index in [1.54, 1.807) is 28.2 Å². The van der Waals surface area contributed by atoms with Crippen LogP contribution in [-0.4, -0.2) is 85.9 Å². The first-order chi connectivity index (χ1) is 23.3. The van der Waals surface area contributed by atoms with Crippen molar-refractivity contribution in [1.82, 2.24) is 30.7 Å². The molecule has 1 amide bonds. The summed E-state index contributed by atoms with van der Waals surface area (Å²) in [5.41, 5.74) is 11.2. The SMILES string of the molecule is CC.CC.CN=C(NCC12CCC(CC1)[C@H](c1nc(OC)ccc1N1CCN(C(C)=O)CC1)CC2)NC(N)c1c(OC)n[nH]c1C1CC1.[HH]. The maximum absolute atomic E-state index is 11.9. The first-order valence-corrected chi connectivity index (χ1v) is 18.2. The molecule has 7 rings (SSSR count). The highest BCUT2D eigenvalue weighted by molar-refractivity contribution is 5.80. The van der Waals surface area contributed by atoms with E-state index in [-0.39, 0.29) is 12.7 Å². The van der Waals surface area contributed by atoms with Gasteiger partial charge in [0, 0.05) is 71.7 Å². The minimum absolute atomic E-state index is 0. The van der Waals surface area contributed by atoms with Gasteiger partial charge in [0.2, 0.25) is 17.7 Å². The number of aromatic nitrogens is 3. The Morgan fingerprint density at radius 3 is 2.31 bits per heavy atom. The van der Waals surface area contributed by atoms with Gasteiger partial charge < -0.3 is 35.6 Å². The summed E-state index contributed by atoms with van der Waals surface area (Å²) in [6, 6.07) is 4.16. The zero-order valence-electron chi connectivity index (χ0n) is 30.7. The van der Waals surface area contributed by atoms with Gasteiger partial charge in [-0.1, -0.05) is 27.7 Å². The average molecular weight is 670 g/mol. The van der Waals surface area contributed by atoms with E-state index in [2.05, 4.69) is 36.8 Å². The molecule has 0 aromatic carbocycles. The number of nitrogens with one attached hydrogen (secondary N) is 3. The number of aliphatic imine (C=N–C) groups is 1. The summed E-state index contributed by atoms with van der Waals surface area (Å²) >= 11 is 0. The fraction of sp³-hybridized carbons (Fsp3) is 0.722. The molecule has 5 fully saturated rings. The van der Waals surface area contributed by atoms with E-state index < -0.39 is 6.17 Å². The van der Waals surface area contributed by atoms with Gasteiger partial charge in [0.25, 0.3) is 0 Å². The molecule has 2 aromatic rings. The molecule has 0 spiro atoms. The zero-order chi connectivity index (χ0) is 34.8. The lowest BCUT2D eigenvalue weighted by Crippen LogP contribution is -2.48. The molecule has 0 radical (unpaired) electrons. The molecule has 1 aliphatic heterocycles. The summed E-state index contributed by atoms with van der Waals surface area (Å²) in [6.45, 7) is 13.7. The summed E-state index contributed by atoms with van der Waals surface area (Å²) in [6.07, 6.45) is 8.77.